The molecule has 1 aliphatic heterocycles. The van der Waals surface area contributed by atoms with Crippen LogP contribution in [0.4, 0.5) is 0 Å². The molecule has 4 rings (SSSR count). The van der Waals surface area contributed by atoms with E-state index in [1.807, 2.05) is 13.0 Å². The maximum Gasteiger partial charge on any atom is 0.0933 e. The molecule has 0 radical (unpaired) electrons. The number of halogens is 1. The van der Waals surface area contributed by atoms with Crippen molar-refractivity contribution >= 4 is 22.9 Å². The van der Waals surface area contributed by atoms with Crippen molar-refractivity contribution in [3.63, 3.8) is 0 Å². The molecule has 0 saturated carbocycles. The fraction of sp³-hybridized carbons (Fsp3) is 0.190. The smallest absolute Gasteiger partial charge is 0.0933 e. The number of aromatic nitrogens is 1. The molecule has 0 saturated heterocycles. The maximum absolute atomic E-state index is 7.33. The summed E-state index contributed by atoms with van der Waals surface area (Å²) in [5.74, 6) is 0.265. The van der Waals surface area contributed by atoms with Crippen LogP contribution >= 0.6 is 22.9 Å². The Kier molecular flexibility index (Phi) is 8.24. The summed E-state index contributed by atoms with van der Waals surface area (Å²) in [4.78, 5) is 6.00. The third-order valence-corrected chi connectivity index (χ3v) is 5.52. The van der Waals surface area contributed by atoms with Gasteiger partial charge < -0.3 is 10.4 Å². The van der Waals surface area contributed by atoms with E-state index in [1.54, 1.807) is 11.3 Å². The Morgan fingerprint density at radius 1 is 1.22 bits per heavy atom. The maximum atomic E-state index is 7.33. The third kappa shape index (κ3) is 5.08. The van der Waals surface area contributed by atoms with Crippen molar-refractivity contribution in [2.24, 2.45) is 0 Å². The third-order valence-electron chi connectivity index (χ3n) is 4.25. The van der Waals surface area contributed by atoms with Crippen molar-refractivity contribution < 1.29 is 26.2 Å². The van der Waals surface area contributed by atoms with Gasteiger partial charge in [-0.05, 0) is 47.0 Å². The Bertz CT molecular complexity index is 913. The molecule has 6 heteroatoms. The predicted molar refractivity (Wildman–Crippen MR) is 110 cm³/mol. The second-order valence-corrected chi connectivity index (χ2v) is 7.75. The summed E-state index contributed by atoms with van der Waals surface area (Å²) >= 11 is 7.89. The second-order valence-electron chi connectivity index (χ2n) is 5.98. The molecule has 3 nitrogen and oxygen atoms in total. The van der Waals surface area contributed by atoms with E-state index in [9.17, 15) is 0 Å². The molecule has 0 aliphatic carbocycles. The van der Waals surface area contributed by atoms with Gasteiger partial charge in [-0.15, -0.1) is 24.4 Å². The molecule has 0 fully saturated rings. The van der Waals surface area contributed by atoms with Crippen LogP contribution in [0.15, 0.2) is 61.4 Å². The molecule has 1 aromatic carbocycles. The summed E-state index contributed by atoms with van der Waals surface area (Å²) in [6.07, 6.45) is 0.750. The fourth-order valence-corrected chi connectivity index (χ4v) is 4.51. The Labute approximate surface area is 183 Å². The molecule has 140 valence electrons. The molecule has 1 N–H and O–H groups in total. The minimum Gasteiger partial charge on any atom is -0.657 e. The van der Waals surface area contributed by atoms with Gasteiger partial charge in [-0.1, -0.05) is 48.5 Å². The quantitative estimate of drug-likeness (QED) is 0.361. The summed E-state index contributed by atoms with van der Waals surface area (Å²) in [7, 11) is 0. The van der Waals surface area contributed by atoms with Gasteiger partial charge in [0, 0.05) is 32.3 Å². The minimum atomic E-state index is 0. The number of aliphatic hydroxyl groups is 1. The summed E-state index contributed by atoms with van der Waals surface area (Å²) in [6.45, 7) is 6.54. The number of pyridine rings is 1. The van der Waals surface area contributed by atoms with Crippen LogP contribution in [0.1, 0.15) is 27.6 Å². The van der Waals surface area contributed by atoms with E-state index < -0.39 is 0 Å². The SMILES string of the molecule is C=CO.Cc1cccc(-c2ccccc2C2C[N-]Cc3sc(Cl)cc32)n1.[W]. The molecule has 0 bridgehead atoms. The van der Waals surface area contributed by atoms with Crippen LogP contribution in [0.5, 0.6) is 0 Å². The molecule has 0 amide bonds. The van der Waals surface area contributed by atoms with E-state index in [0.717, 1.165) is 35.1 Å². The van der Waals surface area contributed by atoms with E-state index >= 15 is 0 Å². The normalized spacial score (nSPS) is 15.0. The first-order valence-corrected chi connectivity index (χ1v) is 9.53. The van der Waals surface area contributed by atoms with Crippen molar-refractivity contribution in [3.8, 4) is 11.3 Å². The van der Waals surface area contributed by atoms with Crippen molar-refractivity contribution in [3.05, 3.63) is 92.7 Å². The standard InChI is InChI=1S/C19H16ClN2S.C2H4O.W/c1-12-5-4-8-17(22-12)14-7-3-2-6-13(14)16-10-21-11-18-15(16)9-19(20)23-18;1-2-3;/h2-9,16H,10-11H2,1H3;2-3H,1H2;/q-1;;. The first-order chi connectivity index (χ1) is 12.6. The number of thiophene rings is 1. The van der Waals surface area contributed by atoms with Crippen LogP contribution in [-0.4, -0.2) is 16.6 Å². The average Bonchev–Trinajstić information content (AvgIpc) is 3.02. The van der Waals surface area contributed by atoms with Crippen molar-refractivity contribution in [1.82, 2.24) is 4.98 Å². The van der Waals surface area contributed by atoms with Gasteiger partial charge in [0.15, 0.2) is 0 Å². The van der Waals surface area contributed by atoms with E-state index in [-0.39, 0.29) is 27.0 Å². The van der Waals surface area contributed by atoms with Crippen LogP contribution in [0, 0.1) is 6.92 Å². The van der Waals surface area contributed by atoms with Gasteiger partial charge in [-0.25, -0.2) is 0 Å². The van der Waals surface area contributed by atoms with E-state index in [0.29, 0.717) is 0 Å². The molecule has 0 spiro atoms. The van der Waals surface area contributed by atoms with Crippen LogP contribution < -0.4 is 0 Å². The number of rotatable bonds is 2. The molecular weight excluding hydrogens is 548 g/mol. The van der Waals surface area contributed by atoms with E-state index in [1.165, 1.54) is 21.6 Å². The molecule has 3 heterocycles. The molecule has 27 heavy (non-hydrogen) atoms. The number of aryl methyl sites for hydroxylation is 1. The van der Waals surface area contributed by atoms with Gasteiger partial charge >= 0.3 is 0 Å². The van der Waals surface area contributed by atoms with Crippen molar-refractivity contribution in [2.45, 2.75) is 19.4 Å². The van der Waals surface area contributed by atoms with Gasteiger partial charge in [0.1, 0.15) is 0 Å². The zero-order valence-electron chi connectivity index (χ0n) is 14.9. The summed E-state index contributed by atoms with van der Waals surface area (Å²) in [5, 5.41) is 12.0. The first kappa shape index (κ1) is 21.8. The number of nitrogens with zero attached hydrogens (tertiary/aromatic N) is 2. The number of benzene rings is 1. The fourth-order valence-electron chi connectivity index (χ4n) is 3.21. The summed E-state index contributed by atoms with van der Waals surface area (Å²) < 4.78 is 0.850. The van der Waals surface area contributed by atoms with Crippen molar-refractivity contribution in [2.75, 3.05) is 6.54 Å². The number of hydrogen-bond acceptors (Lipinski definition) is 3. The topological polar surface area (TPSA) is 47.2 Å². The summed E-state index contributed by atoms with van der Waals surface area (Å²) in [6, 6.07) is 16.8. The monoisotopic (exact) mass is 567 g/mol. The van der Waals surface area contributed by atoms with Crippen LogP contribution in [0.25, 0.3) is 16.6 Å². The van der Waals surface area contributed by atoms with Gasteiger partial charge in [-0.2, -0.15) is 0 Å². The van der Waals surface area contributed by atoms with Crippen LogP contribution in [0.2, 0.25) is 4.34 Å². The van der Waals surface area contributed by atoms with Gasteiger partial charge in [0.25, 0.3) is 0 Å². The predicted octanol–water partition coefficient (Wildman–Crippen LogP) is 6.48. The molecular formula is C21H20ClN2OSW-. The Hall–Kier alpha value is -1.45. The molecule has 1 atom stereocenters. The zero-order valence-corrected chi connectivity index (χ0v) is 19.4. The molecule has 3 aromatic rings. The Morgan fingerprint density at radius 3 is 2.70 bits per heavy atom. The van der Waals surface area contributed by atoms with E-state index in [4.69, 9.17) is 21.7 Å². The molecule has 1 unspecified atom stereocenters. The van der Waals surface area contributed by atoms with Gasteiger partial charge in [0.2, 0.25) is 0 Å². The Morgan fingerprint density at radius 2 is 1.96 bits per heavy atom. The molecule has 1 aliphatic rings. The average molecular weight is 568 g/mol. The largest absolute Gasteiger partial charge is 0.657 e. The number of aliphatic hydroxyl groups excluding tert-OH is 1. The van der Waals surface area contributed by atoms with Crippen LogP contribution in [0.3, 0.4) is 0 Å². The van der Waals surface area contributed by atoms with Gasteiger partial charge in [0.05, 0.1) is 16.3 Å². The number of hydrogen-bond donors (Lipinski definition) is 1. The molecule has 2 aromatic heterocycles. The minimum absolute atomic E-state index is 0. The van der Waals surface area contributed by atoms with E-state index in [2.05, 4.69) is 54.4 Å². The zero-order chi connectivity index (χ0) is 18.5. The van der Waals surface area contributed by atoms with Gasteiger partial charge in [-0.3, -0.25) is 4.98 Å². The summed E-state index contributed by atoms with van der Waals surface area (Å²) in [5.41, 5.74) is 5.85. The first-order valence-electron chi connectivity index (χ1n) is 8.33. The van der Waals surface area contributed by atoms with Crippen molar-refractivity contribution in [1.29, 1.82) is 0 Å². The second kappa shape index (κ2) is 10.2. The Balaban J connectivity index is 0.000000614. The number of fused-ring (bicyclic) bond motifs is 1. The van der Waals surface area contributed by atoms with Crippen LogP contribution in [-0.2, 0) is 27.6 Å².